The summed E-state index contributed by atoms with van der Waals surface area (Å²) in [6.45, 7) is 3.16. The summed E-state index contributed by atoms with van der Waals surface area (Å²) in [6, 6.07) is 6.39. The Morgan fingerprint density at radius 1 is 1.47 bits per heavy atom. The summed E-state index contributed by atoms with van der Waals surface area (Å²) in [5.74, 6) is 0. The minimum atomic E-state index is 0.442. The number of para-hydroxylation sites is 1. The lowest BCUT2D eigenvalue weighted by Gasteiger charge is -2.13. The van der Waals surface area contributed by atoms with Gasteiger partial charge >= 0.3 is 0 Å². The number of rotatable bonds is 3. The molecule has 2 aromatic rings. The fourth-order valence-electron chi connectivity index (χ4n) is 2.33. The van der Waals surface area contributed by atoms with Gasteiger partial charge in [-0.3, -0.25) is 0 Å². The van der Waals surface area contributed by atoms with E-state index in [9.17, 15) is 0 Å². The zero-order valence-electron chi connectivity index (χ0n) is 10.1. The average molecular weight is 264 g/mol. The van der Waals surface area contributed by atoms with Crippen LogP contribution in [0.25, 0.3) is 11.0 Å². The highest BCUT2D eigenvalue weighted by atomic mass is 32.2. The third-order valence-corrected chi connectivity index (χ3v) is 5.43. The molecule has 1 heterocycles. The topological polar surface area (TPSA) is 20.7 Å². The molecule has 17 heavy (non-hydrogen) atoms. The molecule has 1 aliphatic carbocycles. The van der Waals surface area contributed by atoms with Gasteiger partial charge < -0.3 is 9.55 Å². The van der Waals surface area contributed by atoms with Crippen molar-refractivity contribution in [2.45, 2.75) is 31.1 Å². The molecule has 2 nitrogen and oxygen atoms in total. The van der Waals surface area contributed by atoms with Crippen LogP contribution in [-0.2, 0) is 6.54 Å². The molecule has 0 atom stereocenters. The van der Waals surface area contributed by atoms with E-state index in [0.717, 1.165) is 11.3 Å². The van der Waals surface area contributed by atoms with Gasteiger partial charge in [-0.1, -0.05) is 12.1 Å². The van der Waals surface area contributed by atoms with Gasteiger partial charge in [0.1, 0.15) is 0 Å². The maximum atomic E-state index is 5.45. The summed E-state index contributed by atoms with van der Waals surface area (Å²) in [6.07, 6.45) is 4.83. The number of aromatic amines is 1. The Labute approximate surface area is 110 Å². The summed E-state index contributed by atoms with van der Waals surface area (Å²) >= 11 is 7.43. The molecule has 90 valence electrons. The van der Waals surface area contributed by atoms with Gasteiger partial charge in [0, 0.05) is 11.3 Å². The molecule has 1 aliphatic rings. The van der Waals surface area contributed by atoms with E-state index in [0.29, 0.717) is 4.75 Å². The molecule has 4 heteroatoms. The number of H-pyrrole nitrogens is 1. The van der Waals surface area contributed by atoms with Gasteiger partial charge in [0.05, 0.1) is 11.0 Å². The Balaban J connectivity index is 2.13. The van der Waals surface area contributed by atoms with Gasteiger partial charge in [-0.2, -0.15) is 11.8 Å². The van der Waals surface area contributed by atoms with Gasteiger partial charge in [0.25, 0.3) is 0 Å². The van der Waals surface area contributed by atoms with Crippen molar-refractivity contribution >= 4 is 35.0 Å². The molecular weight excluding hydrogens is 248 g/mol. The molecule has 0 aliphatic heterocycles. The monoisotopic (exact) mass is 264 g/mol. The number of aryl methyl sites for hydroxylation is 1. The van der Waals surface area contributed by atoms with Crippen LogP contribution >= 0.6 is 24.0 Å². The Kier molecular flexibility index (Phi) is 2.60. The lowest BCUT2D eigenvalue weighted by atomic mass is 10.2. The average Bonchev–Trinajstić information content (AvgIpc) is 3.02. The first kappa shape index (κ1) is 11.4. The van der Waals surface area contributed by atoms with Crippen molar-refractivity contribution in [3.63, 3.8) is 0 Å². The third kappa shape index (κ3) is 1.83. The van der Waals surface area contributed by atoms with Crippen LogP contribution in [0.1, 0.15) is 18.4 Å². The number of benzene rings is 1. The van der Waals surface area contributed by atoms with Crippen molar-refractivity contribution in [3.05, 3.63) is 28.5 Å². The molecule has 1 N–H and O–H groups in total. The molecule has 0 bridgehead atoms. The predicted octanol–water partition coefficient (Wildman–Crippen LogP) is 3.90. The molecule has 0 spiro atoms. The first-order valence-corrected chi connectivity index (χ1v) is 7.52. The molecule has 1 fully saturated rings. The molecule has 1 aromatic heterocycles. The molecule has 0 unspecified atom stereocenters. The van der Waals surface area contributed by atoms with Crippen LogP contribution in [0.4, 0.5) is 0 Å². The van der Waals surface area contributed by atoms with Crippen LogP contribution in [0, 0.1) is 11.7 Å². The Morgan fingerprint density at radius 2 is 2.24 bits per heavy atom. The summed E-state index contributed by atoms with van der Waals surface area (Å²) in [5, 5.41) is 0. The molecule has 1 saturated carbocycles. The van der Waals surface area contributed by atoms with Gasteiger partial charge in [-0.05, 0) is 49.9 Å². The van der Waals surface area contributed by atoms with E-state index >= 15 is 0 Å². The van der Waals surface area contributed by atoms with E-state index in [2.05, 4.69) is 40.9 Å². The lowest BCUT2D eigenvalue weighted by Crippen LogP contribution is -2.13. The van der Waals surface area contributed by atoms with Crippen LogP contribution in [0.2, 0.25) is 0 Å². The zero-order chi connectivity index (χ0) is 12.0. The second-order valence-corrected chi connectivity index (χ2v) is 6.53. The summed E-state index contributed by atoms with van der Waals surface area (Å²) < 4.78 is 3.56. The number of thioether (sulfide) groups is 1. The molecule has 0 radical (unpaired) electrons. The minimum Gasteiger partial charge on any atom is -0.330 e. The number of nitrogens with zero attached hydrogens (tertiary/aromatic N) is 1. The zero-order valence-corrected chi connectivity index (χ0v) is 11.8. The van der Waals surface area contributed by atoms with Crippen LogP contribution < -0.4 is 0 Å². The first-order chi connectivity index (χ1) is 8.15. The highest BCUT2D eigenvalue weighted by Gasteiger charge is 2.42. The van der Waals surface area contributed by atoms with Crippen LogP contribution in [-0.4, -0.2) is 20.6 Å². The van der Waals surface area contributed by atoms with E-state index in [1.165, 1.54) is 29.4 Å². The number of hydrogen-bond acceptors (Lipinski definition) is 2. The first-order valence-electron chi connectivity index (χ1n) is 5.88. The highest BCUT2D eigenvalue weighted by Crippen LogP contribution is 2.48. The number of aromatic nitrogens is 2. The quantitative estimate of drug-likeness (QED) is 0.849. The molecular formula is C13H16N2S2. The summed E-state index contributed by atoms with van der Waals surface area (Å²) in [4.78, 5) is 3.34. The normalized spacial score (nSPS) is 17.5. The van der Waals surface area contributed by atoms with E-state index in [4.69, 9.17) is 12.2 Å². The van der Waals surface area contributed by atoms with Crippen LogP contribution in [0.5, 0.6) is 0 Å². The van der Waals surface area contributed by atoms with Gasteiger partial charge in [-0.15, -0.1) is 0 Å². The fraction of sp³-hybridized carbons (Fsp3) is 0.462. The Hall–Kier alpha value is -0.740. The van der Waals surface area contributed by atoms with Crippen LogP contribution in [0.3, 0.4) is 0 Å². The summed E-state index contributed by atoms with van der Waals surface area (Å²) in [5.41, 5.74) is 3.70. The lowest BCUT2D eigenvalue weighted by molar-refractivity contribution is 0.670. The van der Waals surface area contributed by atoms with Gasteiger partial charge in [0.2, 0.25) is 0 Å². The SMILES string of the molecule is CSC1(Cn2c(=S)[nH]c3c(C)cccc32)CC1. The number of fused-ring (bicyclic) bond motifs is 1. The highest BCUT2D eigenvalue weighted by molar-refractivity contribution is 8.00. The largest absolute Gasteiger partial charge is 0.330 e. The fourth-order valence-corrected chi connectivity index (χ4v) is 3.37. The summed E-state index contributed by atoms with van der Waals surface area (Å²) in [7, 11) is 0. The van der Waals surface area contributed by atoms with Gasteiger partial charge in [-0.25, -0.2) is 0 Å². The smallest absolute Gasteiger partial charge is 0.178 e. The van der Waals surface area contributed by atoms with E-state index in [1.54, 1.807) is 0 Å². The second-order valence-electron chi connectivity index (χ2n) is 4.87. The van der Waals surface area contributed by atoms with Crippen molar-refractivity contribution in [3.8, 4) is 0 Å². The van der Waals surface area contributed by atoms with Crippen molar-refractivity contribution in [2.75, 3.05) is 6.26 Å². The maximum Gasteiger partial charge on any atom is 0.178 e. The second kappa shape index (κ2) is 3.89. The molecule has 3 rings (SSSR count). The van der Waals surface area contributed by atoms with E-state index in [1.807, 2.05) is 11.8 Å². The predicted molar refractivity (Wildman–Crippen MR) is 77.3 cm³/mol. The Morgan fingerprint density at radius 3 is 2.88 bits per heavy atom. The number of hydrogen-bond donors (Lipinski definition) is 1. The van der Waals surface area contributed by atoms with E-state index in [-0.39, 0.29) is 0 Å². The van der Waals surface area contributed by atoms with Gasteiger partial charge in [0.15, 0.2) is 4.77 Å². The van der Waals surface area contributed by atoms with Crippen molar-refractivity contribution in [1.29, 1.82) is 0 Å². The van der Waals surface area contributed by atoms with Crippen molar-refractivity contribution in [1.82, 2.24) is 9.55 Å². The molecule has 0 amide bonds. The third-order valence-electron chi connectivity index (χ3n) is 3.71. The Bertz CT molecular complexity index is 620. The van der Waals surface area contributed by atoms with Crippen molar-refractivity contribution < 1.29 is 0 Å². The van der Waals surface area contributed by atoms with Crippen molar-refractivity contribution in [2.24, 2.45) is 0 Å². The number of nitrogens with one attached hydrogen (secondary N) is 1. The van der Waals surface area contributed by atoms with E-state index < -0.39 is 0 Å². The standard InChI is InChI=1S/C13H16N2S2/c1-9-4-3-5-10-11(9)14-12(16)15(10)8-13(17-2)6-7-13/h3-5H,6-8H2,1-2H3,(H,14,16). The maximum absolute atomic E-state index is 5.45. The molecule has 0 saturated heterocycles. The number of imidazole rings is 1. The van der Waals surface area contributed by atoms with Crippen LogP contribution in [0.15, 0.2) is 18.2 Å². The minimum absolute atomic E-state index is 0.442. The molecule has 1 aromatic carbocycles.